The molecule has 16 heavy (non-hydrogen) atoms. The van der Waals surface area contributed by atoms with Gasteiger partial charge in [-0.1, -0.05) is 0 Å². The lowest BCUT2D eigenvalue weighted by Gasteiger charge is -2.44. The minimum atomic E-state index is -2.91. The van der Waals surface area contributed by atoms with Crippen LogP contribution in [0.4, 0.5) is 0 Å². The third-order valence-corrected chi connectivity index (χ3v) is 3.18. The molecule has 0 saturated carbocycles. The van der Waals surface area contributed by atoms with Crippen molar-refractivity contribution in [3.8, 4) is 0 Å². The lowest BCUT2D eigenvalue weighted by molar-refractivity contribution is -0.475. The summed E-state index contributed by atoms with van der Waals surface area (Å²) in [6, 6.07) is 0. The van der Waals surface area contributed by atoms with Crippen LogP contribution in [0.3, 0.4) is 0 Å². The molecule has 10 heteroatoms. The molecule has 0 aromatic rings. The van der Waals surface area contributed by atoms with Crippen molar-refractivity contribution in [3.63, 3.8) is 0 Å². The van der Waals surface area contributed by atoms with Gasteiger partial charge in [0.1, 0.15) is 18.3 Å². The zero-order valence-corrected chi connectivity index (χ0v) is 8.53. The fraction of sp³-hybridized carbons (Fsp3) is 1.00. The highest BCUT2D eigenvalue weighted by Crippen LogP contribution is 2.44. The molecule has 5 N–H and O–H groups in total. The summed E-state index contributed by atoms with van der Waals surface area (Å²) in [6.07, 6.45) is -5.22. The van der Waals surface area contributed by atoms with Gasteiger partial charge in [-0.15, -0.1) is 0 Å². The molecule has 94 valence electrons. The van der Waals surface area contributed by atoms with Crippen molar-refractivity contribution in [2.75, 3.05) is 6.61 Å². The van der Waals surface area contributed by atoms with Crippen molar-refractivity contribution < 1.29 is 42.8 Å². The second kappa shape index (κ2) is 3.66. The van der Waals surface area contributed by atoms with Gasteiger partial charge in [0.25, 0.3) is 5.79 Å². The first kappa shape index (κ1) is 12.3. The van der Waals surface area contributed by atoms with Gasteiger partial charge in [-0.2, -0.15) is 4.21 Å². The lowest BCUT2D eigenvalue weighted by Crippen LogP contribution is -2.71. The van der Waals surface area contributed by atoms with E-state index < -0.39 is 48.0 Å². The zero-order valence-electron chi connectivity index (χ0n) is 7.72. The minimum Gasteiger partial charge on any atom is -0.394 e. The van der Waals surface area contributed by atoms with E-state index in [0.29, 0.717) is 0 Å². The van der Waals surface area contributed by atoms with Crippen LogP contribution in [0.25, 0.3) is 0 Å². The number of aliphatic hydroxyl groups is 5. The quantitative estimate of drug-likeness (QED) is 0.318. The predicted molar refractivity (Wildman–Crippen MR) is 44.2 cm³/mol. The summed E-state index contributed by atoms with van der Waals surface area (Å²) in [7, 11) is 0. The maximum atomic E-state index is 10.9. The smallest absolute Gasteiger partial charge is 0.356 e. The first-order valence-electron chi connectivity index (χ1n) is 4.24. The van der Waals surface area contributed by atoms with E-state index in [2.05, 4.69) is 13.1 Å². The molecule has 0 aromatic heterocycles. The summed E-state index contributed by atoms with van der Waals surface area (Å²) in [5, 5.41) is 47.0. The fourth-order valence-electron chi connectivity index (χ4n) is 1.52. The Hall–Kier alpha value is -0.170. The average Bonchev–Trinajstić information content (AvgIpc) is 2.44. The molecule has 2 aliphatic rings. The second-order valence-electron chi connectivity index (χ2n) is 3.42. The van der Waals surface area contributed by atoms with Crippen LogP contribution in [0.2, 0.25) is 0 Å². The summed E-state index contributed by atoms with van der Waals surface area (Å²) in [6.45, 7) is -0.757. The Morgan fingerprint density at radius 3 is 2.44 bits per heavy atom. The molecule has 6 atom stereocenters. The van der Waals surface area contributed by atoms with Crippen molar-refractivity contribution in [2.24, 2.45) is 0 Å². The van der Waals surface area contributed by atoms with Crippen molar-refractivity contribution >= 4 is 11.4 Å². The monoisotopic (exact) mass is 258 g/mol. The third kappa shape index (κ3) is 1.44. The Bertz CT molecular complexity index is 323. The molecule has 0 amide bonds. The molecular weight excluding hydrogens is 248 g/mol. The van der Waals surface area contributed by atoms with Gasteiger partial charge in [0.2, 0.25) is 0 Å². The molecule has 2 rings (SSSR count). The Balaban J connectivity index is 2.37. The predicted octanol–water partition coefficient (Wildman–Crippen LogP) is -3.94. The van der Waals surface area contributed by atoms with E-state index in [1.807, 2.05) is 0 Å². The van der Waals surface area contributed by atoms with E-state index in [1.54, 1.807) is 0 Å². The zero-order chi connectivity index (χ0) is 12.1. The van der Waals surface area contributed by atoms with Gasteiger partial charge < -0.3 is 30.3 Å². The molecule has 2 saturated heterocycles. The number of rotatable bonds is 1. The highest BCUT2D eigenvalue weighted by Gasteiger charge is 2.72. The highest BCUT2D eigenvalue weighted by molar-refractivity contribution is 7.75. The summed E-state index contributed by atoms with van der Waals surface area (Å²) < 4.78 is 24.0. The molecule has 2 fully saturated rings. The van der Waals surface area contributed by atoms with E-state index in [1.165, 1.54) is 0 Å². The average molecular weight is 258 g/mol. The Morgan fingerprint density at radius 2 is 1.88 bits per heavy atom. The van der Waals surface area contributed by atoms with Crippen LogP contribution in [-0.2, 0) is 24.5 Å². The molecule has 9 nitrogen and oxygen atoms in total. The molecule has 2 aliphatic heterocycles. The van der Waals surface area contributed by atoms with Gasteiger partial charge in [0.05, 0.1) is 6.61 Å². The standard InChI is InChI=1S/C6H10O9S/c7-1-2-3(8)4(9)5(10)6(11,13-2)15-16(12)14-5/h2-4,7-11H,1H2/t2-,3-,4+,5-,6?,16?/m1/s1. The van der Waals surface area contributed by atoms with Gasteiger partial charge in [-0.3, -0.25) is 0 Å². The third-order valence-electron chi connectivity index (χ3n) is 2.43. The molecule has 0 aromatic carbocycles. The van der Waals surface area contributed by atoms with Gasteiger partial charge >= 0.3 is 17.3 Å². The van der Waals surface area contributed by atoms with E-state index in [0.717, 1.165) is 0 Å². The van der Waals surface area contributed by atoms with E-state index in [9.17, 15) is 24.6 Å². The van der Waals surface area contributed by atoms with Crippen molar-refractivity contribution in [3.05, 3.63) is 0 Å². The topological polar surface area (TPSA) is 146 Å². The van der Waals surface area contributed by atoms with Crippen LogP contribution < -0.4 is 0 Å². The largest absolute Gasteiger partial charge is 0.394 e. The maximum absolute atomic E-state index is 10.9. The van der Waals surface area contributed by atoms with E-state index in [-0.39, 0.29) is 0 Å². The normalized spacial score (nSPS) is 57.3. The van der Waals surface area contributed by atoms with Gasteiger partial charge in [-0.25, -0.2) is 8.37 Å². The number of aliphatic hydroxyl groups excluding tert-OH is 3. The Morgan fingerprint density at radius 1 is 1.25 bits per heavy atom. The summed E-state index contributed by atoms with van der Waals surface area (Å²) >= 11 is -2.55. The van der Waals surface area contributed by atoms with Crippen LogP contribution >= 0.6 is 0 Å². The number of ether oxygens (including phenoxy) is 1. The molecule has 2 heterocycles. The van der Waals surface area contributed by atoms with Crippen molar-refractivity contribution in [2.45, 2.75) is 30.1 Å². The summed E-state index contributed by atoms with van der Waals surface area (Å²) in [5.74, 6) is -5.80. The van der Waals surface area contributed by atoms with Crippen LogP contribution in [0.5, 0.6) is 0 Å². The molecule has 0 aliphatic carbocycles. The summed E-state index contributed by atoms with van der Waals surface area (Å²) in [5.41, 5.74) is 0. The Labute approximate surface area is 91.7 Å². The maximum Gasteiger partial charge on any atom is 0.356 e. The number of hydrogen-bond acceptors (Lipinski definition) is 9. The molecular formula is C6H10O9S. The minimum absolute atomic E-state index is 0.757. The first-order valence-corrected chi connectivity index (χ1v) is 5.24. The molecule has 0 bridgehead atoms. The Kier molecular flexibility index (Phi) is 2.81. The molecule has 2 unspecified atom stereocenters. The lowest BCUT2D eigenvalue weighted by atomic mass is 9.94. The molecule has 0 radical (unpaired) electrons. The second-order valence-corrected chi connectivity index (χ2v) is 4.16. The molecule has 0 spiro atoms. The number of hydrogen-bond donors (Lipinski definition) is 5. The van der Waals surface area contributed by atoms with Crippen molar-refractivity contribution in [1.29, 1.82) is 0 Å². The number of fused-ring (bicyclic) bond motifs is 1. The van der Waals surface area contributed by atoms with Crippen LogP contribution in [0.1, 0.15) is 0 Å². The van der Waals surface area contributed by atoms with Crippen molar-refractivity contribution in [1.82, 2.24) is 0 Å². The van der Waals surface area contributed by atoms with Gasteiger partial charge in [0, 0.05) is 0 Å². The SMILES string of the molecule is O=S1OC2(O)O[C@H](CO)[C@@H](O)[C@H](O)[C@@]2(O)O1. The summed E-state index contributed by atoms with van der Waals surface area (Å²) in [4.78, 5) is 0. The van der Waals surface area contributed by atoms with Crippen LogP contribution in [0, 0.1) is 0 Å². The van der Waals surface area contributed by atoms with Crippen LogP contribution in [0.15, 0.2) is 0 Å². The van der Waals surface area contributed by atoms with Gasteiger partial charge in [-0.05, 0) is 0 Å². The van der Waals surface area contributed by atoms with Crippen LogP contribution in [-0.4, -0.2) is 66.4 Å². The highest BCUT2D eigenvalue weighted by atomic mass is 32.2. The van der Waals surface area contributed by atoms with Gasteiger partial charge in [0.15, 0.2) is 0 Å². The first-order chi connectivity index (χ1) is 7.34. The van der Waals surface area contributed by atoms with E-state index in [4.69, 9.17) is 5.11 Å². The fourth-order valence-corrected chi connectivity index (χ4v) is 2.31. The van der Waals surface area contributed by atoms with E-state index >= 15 is 0 Å².